The number of esters is 1. The van der Waals surface area contributed by atoms with Gasteiger partial charge in [-0.25, -0.2) is 4.79 Å². The summed E-state index contributed by atoms with van der Waals surface area (Å²) in [5.74, 6) is 0.681. The number of hydrogen-bond acceptors (Lipinski definition) is 2. The molecule has 0 heterocycles. The van der Waals surface area contributed by atoms with Gasteiger partial charge in [-0.2, -0.15) is 0 Å². The van der Waals surface area contributed by atoms with Crippen LogP contribution >= 0.6 is 23.2 Å². The number of carbonyl (C=O) groups is 1. The molecule has 2 aromatic rings. The Kier molecular flexibility index (Phi) is 4.75. The largest absolute Gasteiger partial charge is 0.421 e. The van der Waals surface area contributed by atoms with Crippen molar-refractivity contribution in [1.29, 1.82) is 0 Å². The van der Waals surface area contributed by atoms with Crippen LogP contribution in [0.3, 0.4) is 0 Å². The van der Waals surface area contributed by atoms with Gasteiger partial charge in [-0.05, 0) is 66.3 Å². The fourth-order valence-corrected chi connectivity index (χ4v) is 5.15. The summed E-state index contributed by atoms with van der Waals surface area (Å²) in [7, 11) is 0. The summed E-state index contributed by atoms with van der Waals surface area (Å²) >= 11 is 13.0. The minimum absolute atomic E-state index is 0.230. The Labute approximate surface area is 164 Å². The van der Waals surface area contributed by atoms with Gasteiger partial charge in [0.15, 0.2) is 5.75 Å². The first-order valence-electron chi connectivity index (χ1n) is 9.25. The molecule has 1 unspecified atom stereocenters. The molecule has 0 N–H and O–H groups in total. The van der Waals surface area contributed by atoms with Crippen molar-refractivity contribution in [2.45, 2.75) is 45.4 Å². The molecule has 2 aromatic carbocycles. The lowest BCUT2D eigenvalue weighted by Crippen LogP contribution is -2.26. The molecule has 0 saturated heterocycles. The average Bonchev–Trinajstić information content (AvgIpc) is 3.29. The second-order valence-electron chi connectivity index (χ2n) is 7.88. The molecule has 0 spiro atoms. The van der Waals surface area contributed by atoms with Crippen LogP contribution in [0.1, 0.15) is 54.1 Å². The van der Waals surface area contributed by atoms with Gasteiger partial charge in [-0.1, -0.05) is 61.2 Å². The van der Waals surface area contributed by atoms with E-state index in [4.69, 9.17) is 27.9 Å². The van der Waals surface area contributed by atoms with Gasteiger partial charge in [0.1, 0.15) is 5.02 Å². The molecular formula is C22H22Cl2O2. The summed E-state index contributed by atoms with van der Waals surface area (Å²) in [4.78, 5) is 12.4. The van der Waals surface area contributed by atoms with Crippen LogP contribution in [0.2, 0.25) is 10.0 Å². The van der Waals surface area contributed by atoms with Crippen molar-refractivity contribution in [2.24, 2.45) is 11.3 Å². The maximum absolute atomic E-state index is 12.4. The Balaban J connectivity index is 1.62. The Hall–Kier alpha value is -1.51. The summed E-state index contributed by atoms with van der Waals surface area (Å²) in [5, 5.41) is 0.882. The van der Waals surface area contributed by atoms with Gasteiger partial charge in [0.25, 0.3) is 0 Å². The molecule has 2 aliphatic carbocycles. The molecule has 2 aliphatic rings. The van der Waals surface area contributed by atoms with Gasteiger partial charge >= 0.3 is 5.97 Å². The van der Waals surface area contributed by atoms with Crippen molar-refractivity contribution in [1.82, 2.24) is 0 Å². The molecule has 0 radical (unpaired) electrons. The van der Waals surface area contributed by atoms with E-state index in [1.54, 1.807) is 24.3 Å². The highest BCUT2D eigenvalue weighted by atomic mass is 35.5. The third kappa shape index (κ3) is 3.14. The minimum Gasteiger partial charge on any atom is -0.421 e. The van der Waals surface area contributed by atoms with E-state index in [0.29, 0.717) is 21.4 Å². The van der Waals surface area contributed by atoms with Crippen LogP contribution in [0.5, 0.6) is 5.75 Å². The Bertz CT molecular complexity index is 841. The Morgan fingerprint density at radius 2 is 1.77 bits per heavy atom. The summed E-state index contributed by atoms with van der Waals surface area (Å²) in [6.45, 7) is 2.36. The zero-order chi connectivity index (χ0) is 18.3. The minimum atomic E-state index is -0.417. The smallest absolute Gasteiger partial charge is 0.343 e. The van der Waals surface area contributed by atoms with Gasteiger partial charge in [0, 0.05) is 0 Å². The van der Waals surface area contributed by atoms with Crippen LogP contribution in [-0.2, 0) is 12.8 Å². The molecule has 0 bridgehead atoms. The van der Waals surface area contributed by atoms with Crippen molar-refractivity contribution >= 4 is 29.2 Å². The molecule has 26 heavy (non-hydrogen) atoms. The van der Waals surface area contributed by atoms with Crippen LogP contribution < -0.4 is 4.74 Å². The van der Waals surface area contributed by atoms with E-state index < -0.39 is 5.97 Å². The van der Waals surface area contributed by atoms with E-state index in [1.807, 2.05) is 12.1 Å². The molecule has 1 atom stereocenters. The molecule has 4 rings (SSSR count). The third-order valence-corrected chi connectivity index (χ3v) is 6.98. The molecule has 4 heteroatoms. The summed E-state index contributed by atoms with van der Waals surface area (Å²) in [5.41, 5.74) is 3.03. The van der Waals surface area contributed by atoms with Gasteiger partial charge in [-0.15, -0.1) is 0 Å². The molecular weight excluding hydrogens is 367 g/mol. The second-order valence-corrected chi connectivity index (χ2v) is 8.64. The highest BCUT2D eigenvalue weighted by Gasteiger charge is 2.42. The Morgan fingerprint density at radius 3 is 2.46 bits per heavy atom. The lowest BCUT2D eigenvalue weighted by molar-refractivity contribution is 0.0735. The van der Waals surface area contributed by atoms with E-state index in [2.05, 4.69) is 6.92 Å². The van der Waals surface area contributed by atoms with Crippen LogP contribution in [0.4, 0.5) is 0 Å². The zero-order valence-corrected chi connectivity index (χ0v) is 16.4. The van der Waals surface area contributed by atoms with Crippen molar-refractivity contribution < 1.29 is 9.53 Å². The van der Waals surface area contributed by atoms with Crippen LogP contribution in [0.25, 0.3) is 0 Å². The molecule has 0 aromatic heterocycles. The summed E-state index contributed by atoms with van der Waals surface area (Å²) < 4.78 is 5.58. The quantitative estimate of drug-likeness (QED) is 0.442. The monoisotopic (exact) mass is 388 g/mol. The van der Waals surface area contributed by atoms with Crippen molar-refractivity contribution in [2.75, 3.05) is 0 Å². The molecule has 1 fully saturated rings. The van der Waals surface area contributed by atoms with E-state index in [0.717, 1.165) is 24.3 Å². The number of rotatable bonds is 3. The molecule has 2 nitrogen and oxygen atoms in total. The molecule has 0 aliphatic heterocycles. The first kappa shape index (κ1) is 17.9. The normalized spacial score (nSPS) is 22.4. The standard InChI is InChI=1S/C22H22Cl2O2/c1-22(16-9-5-6-10-16)12-15-11-18(20(24)19(23)17(15)13-22)26-21(25)14-7-3-2-4-8-14/h2-4,7-8,11,16H,5-6,9-10,12-13H2,1H3. The molecule has 0 amide bonds. The van der Waals surface area contributed by atoms with Crippen LogP contribution in [-0.4, -0.2) is 5.97 Å². The number of hydrogen-bond donors (Lipinski definition) is 0. The van der Waals surface area contributed by atoms with E-state index in [-0.39, 0.29) is 5.41 Å². The predicted octanol–water partition coefficient (Wildman–Crippen LogP) is 6.51. The van der Waals surface area contributed by atoms with Crippen LogP contribution in [0.15, 0.2) is 36.4 Å². The number of halogens is 2. The van der Waals surface area contributed by atoms with Crippen molar-refractivity contribution in [3.8, 4) is 5.75 Å². The van der Waals surface area contributed by atoms with Gasteiger partial charge in [-0.3, -0.25) is 0 Å². The van der Waals surface area contributed by atoms with Crippen LogP contribution in [0, 0.1) is 11.3 Å². The van der Waals surface area contributed by atoms with Crippen molar-refractivity contribution in [3.05, 3.63) is 63.1 Å². The SMILES string of the molecule is CC1(C2CCCC2)Cc2cc(OC(=O)c3ccccc3)c(Cl)c(Cl)c2C1. The maximum atomic E-state index is 12.4. The van der Waals surface area contributed by atoms with Gasteiger partial charge in [0.2, 0.25) is 0 Å². The average molecular weight is 389 g/mol. The Morgan fingerprint density at radius 1 is 1.08 bits per heavy atom. The number of benzene rings is 2. The fourth-order valence-electron chi connectivity index (χ4n) is 4.66. The predicted molar refractivity (Wildman–Crippen MR) is 105 cm³/mol. The fraction of sp³-hybridized carbons (Fsp3) is 0.409. The zero-order valence-electron chi connectivity index (χ0n) is 14.9. The lowest BCUT2D eigenvalue weighted by atomic mass is 9.74. The summed E-state index contributed by atoms with van der Waals surface area (Å²) in [6.07, 6.45) is 7.17. The highest BCUT2D eigenvalue weighted by Crippen LogP contribution is 2.52. The third-order valence-electron chi connectivity index (χ3n) is 6.09. The number of fused-ring (bicyclic) bond motifs is 1. The highest BCUT2D eigenvalue weighted by molar-refractivity contribution is 6.43. The first-order chi connectivity index (χ1) is 12.5. The summed E-state index contributed by atoms with van der Waals surface area (Å²) in [6, 6.07) is 10.8. The number of carbonyl (C=O) groups excluding carboxylic acids is 1. The number of ether oxygens (including phenoxy) is 1. The van der Waals surface area contributed by atoms with E-state index in [1.165, 1.54) is 31.2 Å². The molecule has 136 valence electrons. The van der Waals surface area contributed by atoms with Crippen molar-refractivity contribution in [3.63, 3.8) is 0 Å². The van der Waals surface area contributed by atoms with Gasteiger partial charge in [0.05, 0.1) is 10.6 Å². The lowest BCUT2D eigenvalue weighted by Gasteiger charge is -2.31. The van der Waals surface area contributed by atoms with E-state index >= 15 is 0 Å². The first-order valence-corrected chi connectivity index (χ1v) is 10.0. The second kappa shape index (κ2) is 6.90. The molecule has 1 saturated carbocycles. The maximum Gasteiger partial charge on any atom is 0.343 e. The van der Waals surface area contributed by atoms with Gasteiger partial charge < -0.3 is 4.74 Å². The van der Waals surface area contributed by atoms with E-state index in [9.17, 15) is 4.79 Å². The topological polar surface area (TPSA) is 26.3 Å².